The van der Waals surface area contributed by atoms with Crippen molar-refractivity contribution >= 4 is 23.0 Å². The SMILES string of the molecule is COCc1ccc2c(c1)CCCC2(O)c1ncc(-c2cc(C)cc(Nc3cc(OC)ccn3)n2)s1. The van der Waals surface area contributed by atoms with Gasteiger partial charge in [-0.15, -0.1) is 11.3 Å². The summed E-state index contributed by atoms with van der Waals surface area (Å²) in [6.45, 7) is 2.59. The number of nitrogens with zero attached hydrogens (tertiary/aromatic N) is 3. The molecule has 0 radical (unpaired) electrons. The van der Waals surface area contributed by atoms with Crippen molar-refractivity contribution in [1.82, 2.24) is 15.0 Å². The van der Waals surface area contributed by atoms with Crippen LogP contribution in [0.5, 0.6) is 5.75 Å². The summed E-state index contributed by atoms with van der Waals surface area (Å²) in [7, 11) is 3.32. The van der Waals surface area contributed by atoms with Crippen molar-refractivity contribution in [1.29, 1.82) is 0 Å². The topological polar surface area (TPSA) is 89.4 Å². The average Bonchev–Trinajstić information content (AvgIpc) is 3.36. The molecular weight excluding hydrogens is 460 g/mol. The van der Waals surface area contributed by atoms with Gasteiger partial charge in [-0.2, -0.15) is 0 Å². The van der Waals surface area contributed by atoms with Gasteiger partial charge in [0.1, 0.15) is 28.0 Å². The number of rotatable bonds is 7. The lowest BCUT2D eigenvalue weighted by atomic mass is 9.79. The minimum absolute atomic E-state index is 0.563. The van der Waals surface area contributed by atoms with E-state index >= 15 is 0 Å². The smallest absolute Gasteiger partial charge is 0.141 e. The Balaban J connectivity index is 1.45. The second-order valence-corrected chi connectivity index (χ2v) is 9.82. The number of methoxy groups -OCH3 is 2. The highest BCUT2D eigenvalue weighted by atomic mass is 32.1. The van der Waals surface area contributed by atoms with Crippen LogP contribution in [0.25, 0.3) is 10.6 Å². The number of benzene rings is 1. The normalized spacial score (nSPS) is 17.1. The van der Waals surface area contributed by atoms with E-state index in [1.165, 1.54) is 11.3 Å². The van der Waals surface area contributed by atoms with Crippen LogP contribution in [0.2, 0.25) is 0 Å². The molecule has 0 aliphatic heterocycles. The van der Waals surface area contributed by atoms with Crippen LogP contribution >= 0.6 is 11.3 Å². The van der Waals surface area contributed by atoms with Gasteiger partial charge >= 0.3 is 0 Å². The molecule has 0 fully saturated rings. The largest absolute Gasteiger partial charge is 0.497 e. The van der Waals surface area contributed by atoms with E-state index in [-0.39, 0.29) is 0 Å². The average molecular weight is 489 g/mol. The number of ether oxygens (including phenoxy) is 2. The first-order valence-corrected chi connectivity index (χ1v) is 12.4. The highest BCUT2D eigenvalue weighted by Crippen LogP contribution is 2.43. The van der Waals surface area contributed by atoms with Crippen molar-refractivity contribution in [2.45, 2.75) is 38.4 Å². The first-order valence-electron chi connectivity index (χ1n) is 11.5. The molecule has 0 bridgehead atoms. The molecule has 1 unspecified atom stereocenters. The van der Waals surface area contributed by atoms with Crippen molar-refractivity contribution in [3.63, 3.8) is 0 Å². The Morgan fingerprint density at radius 1 is 1.09 bits per heavy atom. The van der Waals surface area contributed by atoms with Gasteiger partial charge in [0, 0.05) is 25.6 Å². The summed E-state index contributed by atoms with van der Waals surface area (Å²) >= 11 is 1.49. The van der Waals surface area contributed by atoms with Crippen LogP contribution in [0.1, 0.15) is 40.1 Å². The number of pyridine rings is 2. The Bertz CT molecular complexity index is 1360. The molecule has 2 N–H and O–H groups in total. The van der Waals surface area contributed by atoms with Gasteiger partial charge in [0.2, 0.25) is 0 Å². The molecule has 1 aliphatic carbocycles. The summed E-state index contributed by atoms with van der Waals surface area (Å²) in [4.78, 5) is 14.7. The monoisotopic (exact) mass is 488 g/mol. The molecule has 3 aromatic heterocycles. The zero-order valence-corrected chi connectivity index (χ0v) is 20.9. The van der Waals surface area contributed by atoms with Gasteiger partial charge in [-0.05, 0) is 66.6 Å². The van der Waals surface area contributed by atoms with Crippen LogP contribution in [0, 0.1) is 6.92 Å². The molecule has 0 spiro atoms. The third-order valence-corrected chi connectivity index (χ3v) is 7.39. The van der Waals surface area contributed by atoms with Gasteiger partial charge < -0.3 is 19.9 Å². The summed E-state index contributed by atoms with van der Waals surface area (Å²) in [6.07, 6.45) is 5.99. The van der Waals surface area contributed by atoms with E-state index in [9.17, 15) is 5.11 Å². The lowest BCUT2D eigenvalue weighted by Gasteiger charge is -2.33. The minimum Gasteiger partial charge on any atom is -0.497 e. The number of hydrogen-bond acceptors (Lipinski definition) is 8. The van der Waals surface area contributed by atoms with Crippen LogP contribution in [-0.2, 0) is 23.4 Å². The molecular formula is C27H28N4O3S. The van der Waals surface area contributed by atoms with Crippen molar-refractivity contribution in [2.75, 3.05) is 19.5 Å². The predicted molar refractivity (Wildman–Crippen MR) is 137 cm³/mol. The molecule has 1 aliphatic rings. The molecule has 8 heteroatoms. The highest BCUT2D eigenvalue weighted by Gasteiger charge is 2.39. The van der Waals surface area contributed by atoms with Gasteiger partial charge in [0.15, 0.2) is 0 Å². The maximum absolute atomic E-state index is 11.8. The van der Waals surface area contributed by atoms with Gasteiger partial charge in [-0.3, -0.25) is 0 Å². The van der Waals surface area contributed by atoms with E-state index in [1.807, 2.05) is 37.3 Å². The van der Waals surface area contributed by atoms with Gasteiger partial charge in [-0.1, -0.05) is 18.2 Å². The van der Waals surface area contributed by atoms with Crippen molar-refractivity contribution < 1.29 is 14.6 Å². The third-order valence-electron chi connectivity index (χ3n) is 6.22. The number of aromatic nitrogens is 3. The molecule has 180 valence electrons. The molecule has 7 nitrogen and oxygen atoms in total. The Morgan fingerprint density at radius 3 is 2.80 bits per heavy atom. The minimum atomic E-state index is -1.10. The fourth-order valence-electron chi connectivity index (χ4n) is 4.58. The first-order chi connectivity index (χ1) is 17.0. The molecule has 1 aromatic carbocycles. The van der Waals surface area contributed by atoms with E-state index in [0.717, 1.165) is 51.4 Å². The summed E-state index contributed by atoms with van der Waals surface area (Å²) in [6, 6.07) is 13.8. The Kier molecular flexibility index (Phi) is 6.51. The quantitative estimate of drug-likeness (QED) is 0.361. The Morgan fingerprint density at radius 2 is 1.97 bits per heavy atom. The second-order valence-electron chi connectivity index (χ2n) is 8.79. The van der Waals surface area contributed by atoms with Crippen molar-refractivity contribution in [2.24, 2.45) is 0 Å². The number of anilines is 2. The van der Waals surface area contributed by atoms with E-state index in [2.05, 4.69) is 21.4 Å². The molecule has 0 saturated heterocycles. The standard InChI is InChI=1S/C27H28N4O3S/c1-17-11-22(30-25(12-17)31-24-14-20(34-3)8-10-28-24)23-15-29-26(35-23)27(32)9-4-5-19-13-18(16-33-2)6-7-21(19)27/h6-8,10-15,32H,4-5,9,16H2,1-3H3,(H,28,30,31). The Hall–Kier alpha value is -3.33. The highest BCUT2D eigenvalue weighted by molar-refractivity contribution is 7.15. The maximum Gasteiger partial charge on any atom is 0.141 e. The molecule has 5 rings (SSSR count). The summed E-state index contributed by atoms with van der Waals surface area (Å²) < 4.78 is 10.6. The molecule has 1 atom stereocenters. The van der Waals surface area contributed by atoms with Gasteiger partial charge in [-0.25, -0.2) is 15.0 Å². The number of aryl methyl sites for hydroxylation is 2. The van der Waals surface area contributed by atoms with Crippen LogP contribution < -0.4 is 10.1 Å². The number of hydrogen-bond donors (Lipinski definition) is 2. The molecule has 3 heterocycles. The van der Waals surface area contributed by atoms with Gasteiger partial charge in [0.05, 0.1) is 24.3 Å². The van der Waals surface area contributed by atoms with Crippen LogP contribution in [0.3, 0.4) is 0 Å². The fourth-order valence-corrected chi connectivity index (χ4v) is 5.59. The molecule has 0 amide bonds. The summed E-state index contributed by atoms with van der Waals surface area (Å²) in [5.41, 5.74) is 3.98. The molecule has 35 heavy (non-hydrogen) atoms. The van der Waals surface area contributed by atoms with Crippen LogP contribution in [0.15, 0.2) is 54.9 Å². The number of aliphatic hydroxyl groups is 1. The Labute approximate surface area is 208 Å². The van der Waals surface area contributed by atoms with Gasteiger partial charge in [0.25, 0.3) is 0 Å². The predicted octanol–water partition coefficient (Wildman–Crippen LogP) is 5.38. The van der Waals surface area contributed by atoms with E-state index < -0.39 is 5.60 Å². The van der Waals surface area contributed by atoms with Crippen LogP contribution in [-0.4, -0.2) is 34.3 Å². The zero-order valence-electron chi connectivity index (χ0n) is 20.0. The first kappa shape index (κ1) is 23.4. The zero-order chi connectivity index (χ0) is 24.4. The number of fused-ring (bicyclic) bond motifs is 1. The van der Waals surface area contributed by atoms with Crippen molar-refractivity contribution in [3.05, 3.63) is 82.1 Å². The van der Waals surface area contributed by atoms with E-state index in [1.54, 1.807) is 32.7 Å². The summed E-state index contributed by atoms with van der Waals surface area (Å²) in [5, 5.41) is 15.7. The summed E-state index contributed by atoms with van der Waals surface area (Å²) in [5.74, 6) is 2.06. The van der Waals surface area contributed by atoms with Crippen molar-refractivity contribution in [3.8, 4) is 16.3 Å². The van der Waals surface area contributed by atoms with Crippen LogP contribution in [0.4, 0.5) is 11.6 Å². The second kappa shape index (κ2) is 9.73. The maximum atomic E-state index is 11.8. The van der Waals surface area contributed by atoms with E-state index in [4.69, 9.17) is 14.5 Å². The molecule has 0 saturated carbocycles. The fraction of sp³-hybridized carbons (Fsp3) is 0.296. The number of nitrogens with one attached hydrogen (secondary N) is 1. The third kappa shape index (κ3) is 4.77. The van der Waals surface area contributed by atoms with E-state index in [0.29, 0.717) is 29.7 Å². The number of thiazole rings is 1. The molecule has 4 aromatic rings. The lowest BCUT2D eigenvalue weighted by Crippen LogP contribution is -2.31. The lowest BCUT2D eigenvalue weighted by molar-refractivity contribution is 0.0612.